The van der Waals surface area contributed by atoms with Gasteiger partial charge in [0.2, 0.25) is 15.9 Å². The molecular weight excluding hydrogens is 442 g/mol. The number of anilines is 1. The number of hydrogen-bond donors (Lipinski definition) is 1. The Labute approximate surface area is 184 Å². The molecule has 8 nitrogen and oxygen atoms in total. The first-order valence-electron chi connectivity index (χ1n) is 9.17. The number of nitrogens with zero attached hydrogens (tertiary/aromatic N) is 4. The zero-order valence-corrected chi connectivity index (χ0v) is 19.3. The number of carbonyl (C=O) groups is 1. The summed E-state index contributed by atoms with van der Waals surface area (Å²) in [6.45, 7) is 2.51. The quantitative estimate of drug-likeness (QED) is 0.488. The molecule has 1 amide bonds. The molecule has 1 unspecified atom stereocenters. The molecular formula is C19H23N5O3S3. The summed E-state index contributed by atoms with van der Waals surface area (Å²) in [4.78, 5) is 14.0. The van der Waals surface area contributed by atoms with E-state index in [1.165, 1.54) is 42.9 Å². The molecule has 0 bridgehead atoms. The maximum atomic E-state index is 12.6. The molecule has 1 N–H and O–H groups in total. The standard InChI is InChI=1S/C19H23N5O3S3/c1-14(29-19-22-20-13-24(19)10-9-16-7-5-11-28-16)18(25)21-15-6-4-8-17(12-15)30(26,27)23(2)3/h4-8,11-14H,9-10H2,1-3H3,(H,21,25). The smallest absolute Gasteiger partial charge is 0.242 e. The minimum Gasteiger partial charge on any atom is -0.325 e. The average molecular weight is 466 g/mol. The van der Waals surface area contributed by atoms with E-state index in [9.17, 15) is 13.2 Å². The van der Waals surface area contributed by atoms with Crippen LogP contribution < -0.4 is 5.32 Å². The van der Waals surface area contributed by atoms with Gasteiger partial charge in [-0.25, -0.2) is 12.7 Å². The zero-order valence-electron chi connectivity index (χ0n) is 16.8. The highest BCUT2D eigenvalue weighted by atomic mass is 32.2. The Bertz CT molecular complexity index is 1090. The molecule has 3 rings (SSSR count). The van der Waals surface area contributed by atoms with E-state index in [2.05, 4.69) is 21.6 Å². The van der Waals surface area contributed by atoms with Gasteiger partial charge in [0, 0.05) is 31.2 Å². The highest BCUT2D eigenvalue weighted by Crippen LogP contribution is 2.24. The first kappa shape index (κ1) is 22.5. The van der Waals surface area contributed by atoms with E-state index in [0.29, 0.717) is 10.8 Å². The first-order valence-corrected chi connectivity index (χ1v) is 12.4. The summed E-state index contributed by atoms with van der Waals surface area (Å²) >= 11 is 3.01. The van der Waals surface area contributed by atoms with E-state index in [-0.39, 0.29) is 10.8 Å². The number of aromatic nitrogens is 3. The van der Waals surface area contributed by atoms with Crippen molar-refractivity contribution in [3.63, 3.8) is 0 Å². The van der Waals surface area contributed by atoms with Crippen LogP contribution in [-0.2, 0) is 27.8 Å². The van der Waals surface area contributed by atoms with Crippen molar-refractivity contribution in [2.24, 2.45) is 0 Å². The molecule has 3 aromatic rings. The molecule has 30 heavy (non-hydrogen) atoms. The van der Waals surface area contributed by atoms with Gasteiger partial charge in [-0.15, -0.1) is 21.5 Å². The zero-order chi connectivity index (χ0) is 21.7. The number of rotatable bonds is 9. The fraction of sp³-hybridized carbons (Fsp3) is 0.316. The number of aryl methyl sites for hydroxylation is 2. The summed E-state index contributed by atoms with van der Waals surface area (Å²) < 4.78 is 27.6. The second kappa shape index (κ2) is 9.73. The van der Waals surface area contributed by atoms with E-state index in [1.54, 1.807) is 36.7 Å². The molecule has 1 aromatic carbocycles. The lowest BCUT2D eigenvalue weighted by atomic mass is 10.3. The third-order valence-corrected chi connectivity index (χ3v) is 8.13. The van der Waals surface area contributed by atoms with Crippen LogP contribution in [-0.4, -0.2) is 52.7 Å². The van der Waals surface area contributed by atoms with E-state index in [0.717, 1.165) is 17.3 Å². The number of hydrogen-bond acceptors (Lipinski definition) is 7. The highest BCUT2D eigenvalue weighted by Gasteiger charge is 2.20. The lowest BCUT2D eigenvalue weighted by Crippen LogP contribution is -2.24. The lowest BCUT2D eigenvalue weighted by Gasteiger charge is -2.14. The van der Waals surface area contributed by atoms with Crippen LogP contribution in [0.1, 0.15) is 11.8 Å². The summed E-state index contributed by atoms with van der Waals surface area (Å²) in [5, 5.41) is 13.1. The Kier molecular flexibility index (Phi) is 7.29. The lowest BCUT2D eigenvalue weighted by molar-refractivity contribution is -0.115. The SMILES string of the molecule is CC(Sc1nncn1CCc1cccs1)C(=O)Nc1cccc(S(=O)(=O)N(C)C)c1. The van der Waals surface area contributed by atoms with Crippen LogP contribution in [0.5, 0.6) is 0 Å². The summed E-state index contributed by atoms with van der Waals surface area (Å²) in [6.07, 6.45) is 2.53. The van der Waals surface area contributed by atoms with Crippen molar-refractivity contribution in [2.75, 3.05) is 19.4 Å². The van der Waals surface area contributed by atoms with Gasteiger partial charge in [0.25, 0.3) is 0 Å². The molecule has 0 aliphatic heterocycles. The van der Waals surface area contributed by atoms with Gasteiger partial charge in [-0.05, 0) is 43.0 Å². The maximum absolute atomic E-state index is 12.6. The monoisotopic (exact) mass is 465 g/mol. The van der Waals surface area contributed by atoms with Crippen molar-refractivity contribution in [3.8, 4) is 0 Å². The topological polar surface area (TPSA) is 97.2 Å². The van der Waals surface area contributed by atoms with E-state index in [4.69, 9.17) is 0 Å². The molecule has 0 fully saturated rings. The largest absolute Gasteiger partial charge is 0.325 e. The third kappa shape index (κ3) is 5.48. The maximum Gasteiger partial charge on any atom is 0.242 e. The van der Waals surface area contributed by atoms with Crippen molar-refractivity contribution < 1.29 is 13.2 Å². The second-order valence-electron chi connectivity index (χ2n) is 6.70. The fourth-order valence-corrected chi connectivity index (χ4v) is 5.07. The van der Waals surface area contributed by atoms with Crippen LogP contribution in [0, 0.1) is 0 Å². The molecule has 160 valence electrons. The molecule has 0 saturated heterocycles. The van der Waals surface area contributed by atoms with Gasteiger partial charge in [0.1, 0.15) is 6.33 Å². The molecule has 2 aromatic heterocycles. The van der Waals surface area contributed by atoms with Gasteiger partial charge < -0.3 is 9.88 Å². The van der Waals surface area contributed by atoms with E-state index in [1.807, 2.05) is 16.0 Å². The summed E-state index contributed by atoms with van der Waals surface area (Å²) in [7, 11) is -0.639. The van der Waals surface area contributed by atoms with E-state index >= 15 is 0 Å². The van der Waals surface area contributed by atoms with Crippen molar-refractivity contribution in [1.82, 2.24) is 19.1 Å². The van der Waals surface area contributed by atoms with E-state index < -0.39 is 15.3 Å². The number of thiophene rings is 1. The summed E-state index contributed by atoms with van der Waals surface area (Å²) in [6, 6.07) is 10.3. The van der Waals surface area contributed by atoms with Crippen molar-refractivity contribution in [1.29, 1.82) is 0 Å². The Balaban J connectivity index is 1.63. The van der Waals surface area contributed by atoms with Gasteiger partial charge in [0.15, 0.2) is 5.16 Å². The molecule has 0 aliphatic carbocycles. The minimum atomic E-state index is -3.57. The van der Waals surface area contributed by atoms with Crippen molar-refractivity contribution in [2.45, 2.75) is 35.2 Å². The molecule has 11 heteroatoms. The minimum absolute atomic E-state index is 0.124. The van der Waals surface area contributed by atoms with Gasteiger partial charge in [-0.2, -0.15) is 0 Å². The van der Waals surface area contributed by atoms with Gasteiger partial charge in [-0.3, -0.25) is 4.79 Å². The van der Waals surface area contributed by atoms with Crippen molar-refractivity contribution in [3.05, 3.63) is 53.0 Å². The number of amides is 1. The number of carbonyl (C=O) groups excluding carboxylic acids is 1. The molecule has 0 saturated carbocycles. The molecule has 0 aliphatic rings. The Morgan fingerprint density at radius 2 is 2.10 bits per heavy atom. The first-order chi connectivity index (χ1) is 14.3. The predicted molar refractivity (Wildman–Crippen MR) is 119 cm³/mol. The second-order valence-corrected chi connectivity index (χ2v) is 11.2. The fourth-order valence-electron chi connectivity index (χ4n) is 2.58. The van der Waals surface area contributed by atoms with Crippen LogP contribution in [0.15, 0.2) is 58.2 Å². The van der Waals surface area contributed by atoms with Crippen LogP contribution in [0.2, 0.25) is 0 Å². The van der Waals surface area contributed by atoms with Crippen molar-refractivity contribution >= 4 is 44.7 Å². The highest BCUT2D eigenvalue weighted by molar-refractivity contribution is 8.00. The molecule has 2 heterocycles. The molecule has 0 radical (unpaired) electrons. The average Bonchev–Trinajstić information content (AvgIpc) is 3.38. The van der Waals surface area contributed by atoms with Crippen LogP contribution in [0.4, 0.5) is 5.69 Å². The third-order valence-electron chi connectivity index (χ3n) is 4.29. The normalized spacial score (nSPS) is 12.8. The van der Waals surface area contributed by atoms with Crippen LogP contribution in [0.3, 0.4) is 0 Å². The summed E-state index contributed by atoms with van der Waals surface area (Å²) in [5.74, 6) is -0.243. The van der Waals surface area contributed by atoms with Gasteiger partial charge in [-0.1, -0.05) is 23.9 Å². The predicted octanol–water partition coefficient (Wildman–Crippen LogP) is 2.95. The Hall–Kier alpha value is -2.21. The van der Waals surface area contributed by atoms with Crippen LogP contribution in [0.25, 0.3) is 0 Å². The summed E-state index contributed by atoms with van der Waals surface area (Å²) in [5.41, 5.74) is 0.425. The van der Waals surface area contributed by atoms with Gasteiger partial charge >= 0.3 is 0 Å². The number of thioether (sulfide) groups is 1. The number of nitrogens with one attached hydrogen (secondary N) is 1. The van der Waals surface area contributed by atoms with Crippen LogP contribution >= 0.6 is 23.1 Å². The Morgan fingerprint density at radius 1 is 1.30 bits per heavy atom. The number of benzene rings is 1. The Morgan fingerprint density at radius 3 is 2.80 bits per heavy atom. The molecule has 1 atom stereocenters. The number of sulfonamides is 1. The molecule has 0 spiro atoms. The van der Waals surface area contributed by atoms with Gasteiger partial charge in [0.05, 0.1) is 10.1 Å².